The number of fused-ring (bicyclic) bond motifs is 4. The second kappa shape index (κ2) is 12.4. The Morgan fingerprint density at radius 1 is 1.10 bits per heavy atom. The smallest absolute Gasteiger partial charge is 0.429 e. The molecule has 224 valence electrons. The molecule has 3 aromatic rings. The number of nitrogens with zero attached hydrogens (tertiary/aromatic N) is 4. The van der Waals surface area contributed by atoms with Gasteiger partial charge in [0, 0.05) is 23.7 Å². The molecule has 0 spiro atoms. The minimum Gasteiger partial charge on any atom is -0.476 e. The average Bonchev–Trinajstić information content (AvgIpc) is 2.90. The third-order valence-corrected chi connectivity index (χ3v) is 7.79. The molecular weight excluding hydrogens is 558 g/mol. The number of hydrazine groups is 1. The van der Waals surface area contributed by atoms with Crippen molar-refractivity contribution in [1.82, 2.24) is 20.0 Å². The first kappa shape index (κ1) is 30.8. The zero-order valence-electron chi connectivity index (χ0n) is 24.8. The number of aromatic nitrogens is 2. The van der Waals surface area contributed by atoms with Gasteiger partial charge >= 0.3 is 6.09 Å². The van der Waals surface area contributed by atoms with E-state index in [1.165, 1.54) is 34.3 Å². The number of carbonyl (C=O) groups is 2. The van der Waals surface area contributed by atoms with Gasteiger partial charge in [-0.25, -0.2) is 32.9 Å². The summed E-state index contributed by atoms with van der Waals surface area (Å²) in [5, 5.41) is 2.50. The van der Waals surface area contributed by atoms with Crippen LogP contribution in [0.2, 0.25) is 0 Å². The molecule has 2 amide bonds. The van der Waals surface area contributed by atoms with Crippen molar-refractivity contribution < 1.29 is 27.5 Å². The summed E-state index contributed by atoms with van der Waals surface area (Å²) in [7, 11) is -4.20. The fourth-order valence-corrected chi connectivity index (χ4v) is 5.51. The number of hydrogen-bond acceptors (Lipinski definition) is 8. The van der Waals surface area contributed by atoms with Crippen LogP contribution in [0.5, 0.6) is 5.88 Å². The number of anilines is 1. The average molecular weight is 596 g/mol. The SMILES string of the molecule is CCCCN(C(=O)OC(C)(C)C)N1CCOc2cc(-c3c(C)cccc3C)nc(n2)NS(=O)(=O)c2cccc(c2)C1=O. The zero-order chi connectivity index (χ0) is 30.7. The normalized spacial score (nSPS) is 14.9. The number of amides is 2. The largest absolute Gasteiger partial charge is 0.476 e. The van der Waals surface area contributed by atoms with Gasteiger partial charge in [0.2, 0.25) is 11.8 Å². The lowest BCUT2D eigenvalue weighted by molar-refractivity contribution is -0.0427. The molecule has 0 radical (unpaired) electrons. The summed E-state index contributed by atoms with van der Waals surface area (Å²) in [6.07, 6.45) is 0.680. The summed E-state index contributed by atoms with van der Waals surface area (Å²) in [6, 6.07) is 13.0. The van der Waals surface area contributed by atoms with Crippen LogP contribution in [-0.4, -0.2) is 65.7 Å². The van der Waals surface area contributed by atoms with E-state index in [1.54, 1.807) is 26.8 Å². The quantitative estimate of drug-likeness (QED) is 0.418. The number of aryl methyl sites for hydroxylation is 2. The van der Waals surface area contributed by atoms with Crippen molar-refractivity contribution in [2.75, 3.05) is 24.4 Å². The molecule has 2 heterocycles. The van der Waals surface area contributed by atoms with Crippen molar-refractivity contribution in [2.45, 2.75) is 64.9 Å². The third kappa shape index (κ3) is 7.17. The lowest BCUT2D eigenvalue weighted by Gasteiger charge is -2.36. The van der Waals surface area contributed by atoms with Gasteiger partial charge in [0.05, 0.1) is 17.1 Å². The Bertz CT molecular complexity index is 1560. The maximum absolute atomic E-state index is 13.9. The lowest BCUT2D eigenvalue weighted by Crippen LogP contribution is -2.53. The molecule has 1 aliphatic rings. The van der Waals surface area contributed by atoms with Gasteiger partial charge in [-0.15, -0.1) is 0 Å². The molecule has 1 N–H and O–H groups in total. The van der Waals surface area contributed by atoms with E-state index >= 15 is 0 Å². The molecule has 0 atom stereocenters. The predicted molar refractivity (Wildman–Crippen MR) is 159 cm³/mol. The molecule has 1 aliphatic heterocycles. The Hall–Kier alpha value is -4.19. The molecule has 0 aliphatic carbocycles. The van der Waals surface area contributed by atoms with Crippen LogP contribution >= 0.6 is 0 Å². The predicted octanol–water partition coefficient (Wildman–Crippen LogP) is 5.35. The first-order valence-electron chi connectivity index (χ1n) is 13.8. The molecule has 11 nitrogen and oxygen atoms in total. The molecule has 1 aromatic heterocycles. The summed E-state index contributed by atoms with van der Waals surface area (Å²) in [5.74, 6) is -0.640. The van der Waals surface area contributed by atoms with Crippen molar-refractivity contribution in [1.29, 1.82) is 0 Å². The van der Waals surface area contributed by atoms with Gasteiger partial charge < -0.3 is 9.47 Å². The Morgan fingerprint density at radius 3 is 2.45 bits per heavy atom. The molecule has 2 aromatic carbocycles. The van der Waals surface area contributed by atoms with Crippen molar-refractivity contribution in [3.05, 3.63) is 65.2 Å². The van der Waals surface area contributed by atoms with E-state index in [0.29, 0.717) is 12.1 Å². The van der Waals surface area contributed by atoms with Gasteiger partial charge in [-0.2, -0.15) is 4.98 Å². The molecule has 0 fully saturated rings. The van der Waals surface area contributed by atoms with Gasteiger partial charge in [-0.05, 0) is 70.4 Å². The zero-order valence-corrected chi connectivity index (χ0v) is 25.6. The van der Waals surface area contributed by atoms with Crippen LogP contribution in [0.3, 0.4) is 0 Å². The van der Waals surface area contributed by atoms with E-state index in [1.807, 2.05) is 39.0 Å². The maximum Gasteiger partial charge on any atom is 0.429 e. The molecule has 42 heavy (non-hydrogen) atoms. The van der Waals surface area contributed by atoms with E-state index < -0.39 is 27.6 Å². The van der Waals surface area contributed by atoms with Crippen LogP contribution in [0.15, 0.2) is 53.4 Å². The number of unbranched alkanes of at least 4 members (excludes halogenated alkanes) is 1. The maximum atomic E-state index is 13.9. The molecule has 0 saturated carbocycles. The Morgan fingerprint density at radius 2 is 1.79 bits per heavy atom. The number of nitrogens with one attached hydrogen (secondary N) is 1. The van der Waals surface area contributed by atoms with Crippen molar-refractivity contribution in [3.8, 4) is 17.1 Å². The van der Waals surface area contributed by atoms with Gasteiger partial charge in [0.1, 0.15) is 12.2 Å². The van der Waals surface area contributed by atoms with E-state index in [9.17, 15) is 18.0 Å². The molecule has 0 saturated heterocycles. The third-order valence-electron chi connectivity index (χ3n) is 6.46. The molecule has 4 rings (SSSR count). The molecular formula is C30H37N5O6S. The highest BCUT2D eigenvalue weighted by molar-refractivity contribution is 7.92. The van der Waals surface area contributed by atoms with Gasteiger partial charge in [0.25, 0.3) is 15.9 Å². The molecule has 12 heteroatoms. The van der Waals surface area contributed by atoms with Crippen molar-refractivity contribution >= 4 is 28.0 Å². The highest BCUT2D eigenvalue weighted by Gasteiger charge is 2.31. The first-order chi connectivity index (χ1) is 19.8. The first-order valence-corrected chi connectivity index (χ1v) is 15.3. The van der Waals surface area contributed by atoms with E-state index in [0.717, 1.165) is 23.1 Å². The second-order valence-corrected chi connectivity index (χ2v) is 12.7. The van der Waals surface area contributed by atoms with Crippen LogP contribution in [0.25, 0.3) is 11.3 Å². The standard InChI is InChI=1S/C30H37N5O6S/c1-7-8-15-35(29(37)41-30(4,5)6)34-16-17-40-25-19-24(26-20(2)11-9-12-21(26)3)31-28(32-25)33-42(38,39)23-14-10-13-22(18-23)27(34)36/h9-14,18-19H,7-8,15-17H2,1-6H3,(H,31,32,33). The molecule has 4 bridgehead atoms. The minimum atomic E-state index is -4.20. The Kier molecular flexibility index (Phi) is 9.05. The number of hydrogen-bond donors (Lipinski definition) is 1. The summed E-state index contributed by atoms with van der Waals surface area (Å²) >= 11 is 0. The van der Waals surface area contributed by atoms with Crippen LogP contribution in [0, 0.1) is 13.8 Å². The lowest BCUT2D eigenvalue weighted by atomic mass is 10.00. The van der Waals surface area contributed by atoms with Gasteiger partial charge in [-0.3, -0.25) is 4.79 Å². The van der Waals surface area contributed by atoms with Crippen LogP contribution < -0.4 is 9.46 Å². The Labute approximate surface area is 246 Å². The number of rotatable bonds is 5. The summed E-state index contributed by atoms with van der Waals surface area (Å²) in [4.78, 5) is 35.8. The van der Waals surface area contributed by atoms with E-state index in [4.69, 9.17) is 9.47 Å². The number of benzene rings is 2. The Balaban J connectivity index is 1.83. The van der Waals surface area contributed by atoms with Crippen molar-refractivity contribution in [3.63, 3.8) is 0 Å². The van der Waals surface area contributed by atoms with E-state index in [2.05, 4.69) is 14.7 Å². The van der Waals surface area contributed by atoms with Crippen LogP contribution in [-0.2, 0) is 14.8 Å². The highest BCUT2D eigenvalue weighted by Crippen LogP contribution is 2.30. The monoisotopic (exact) mass is 595 g/mol. The fraction of sp³-hybridized carbons (Fsp3) is 0.400. The van der Waals surface area contributed by atoms with Gasteiger partial charge in [-0.1, -0.05) is 37.6 Å². The highest BCUT2D eigenvalue weighted by atomic mass is 32.2. The summed E-state index contributed by atoms with van der Waals surface area (Å²) in [6.45, 7) is 11.2. The fourth-order valence-electron chi connectivity index (χ4n) is 4.52. The summed E-state index contributed by atoms with van der Waals surface area (Å²) in [5.41, 5.74) is 2.46. The number of carbonyl (C=O) groups excluding carboxylic acids is 2. The minimum absolute atomic E-state index is 0.0374. The second-order valence-electron chi connectivity index (χ2n) is 11.0. The number of sulfonamides is 1. The van der Waals surface area contributed by atoms with E-state index in [-0.39, 0.29) is 42.0 Å². The molecule has 0 unspecified atom stereocenters. The van der Waals surface area contributed by atoms with Crippen LogP contribution in [0.4, 0.5) is 10.7 Å². The topological polar surface area (TPSA) is 131 Å². The number of ether oxygens (including phenoxy) is 2. The van der Waals surface area contributed by atoms with Gasteiger partial charge in [0.15, 0.2) is 0 Å². The van der Waals surface area contributed by atoms with Crippen molar-refractivity contribution in [2.24, 2.45) is 0 Å². The summed E-state index contributed by atoms with van der Waals surface area (Å²) < 4.78 is 40.9. The van der Waals surface area contributed by atoms with Crippen LogP contribution in [0.1, 0.15) is 62.0 Å².